The molecule has 1 aromatic carbocycles. The SMILES string of the molecule is Cc1cc2cn[nH]c2c(C(N)=O)c1NC(=O)c1cc(OCC(F)(F)F)nn1-c1ncccc1Cl. The first-order chi connectivity index (χ1) is 16.0. The first kappa shape index (κ1) is 23.0. The Morgan fingerprint density at radius 1 is 1.32 bits per heavy atom. The summed E-state index contributed by atoms with van der Waals surface area (Å²) in [5, 5.41) is 13.7. The molecular formula is C20H15ClF3N7O3. The number of aromatic amines is 1. The standard InChI is InChI=1S/C20H15ClF3N7O3/c1-9-5-10-7-27-29-16(10)14(17(25)32)15(9)28-19(33)12-6-13(34-8-20(22,23)24)30-31(12)18-11(21)3-2-4-26-18/h2-7H,8H2,1H3,(H2,25,32)(H,27,29)(H,28,33). The molecule has 34 heavy (non-hydrogen) atoms. The molecule has 0 bridgehead atoms. The topological polar surface area (TPSA) is 141 Å². The number of carbonyl (C=O) groups excluding carboxylic acids is 2. The molecule has 0 saturated carbocycles. The smallest absolute Gasteiger partial charge is 0.422 e. The lowest BCUT2D eigenvalue weighted by atomic mass is 10.0. The number of hydrogen-bond acceptors (Lipinski definition) is 6. The monoisotopic (exact) mass is 493 g/mol. The van der Waals surface area contributed by atoms with Crippen LogP contribution in [0.15, 0.2) is 36.7 Å². The van der Waals surface area contributed by atoms with Crippen LogP contribution in [0.3, 0.4) is 0 Å². The summed E-state index contributed by atoms with van der Waals surface area (Å²) in [6.45, 7) is 0.0156. The van der Waals surface area contributed by atoms with Crippen molar-refractivity contribution in [2.75, 3.05) is 11.9 Å². The minimum atomic E-state index is -4.62. The maximum Gasteiger partial charge on any atom is 0.422 e. The number of aryl methyl sites for hydroxylation is 1. The molecule has 0 aliphatic rings. The Kier molecular flexibility index (Phi) is 5.87. The third-order valence-corrected chi connectivity index (χ3v) is 4.96. The Labute approximate surface area is 193 Å². The number of halogens is 4. The van der Waals surface area contributed by atoms with Crippen molar-refractivity contribution in [3.05, 3.63) is 58.5 Å². The molecule has 0 aliphatic heterocycles. The van der Waals surface area contributed by atoms with Gasteiger partial charge in [0.15, 0.2) is 12.4 Å². The van der Waals surface area contributed by atoms with Crippen molar-refractivity contribution in [1.29, 1.82) is 0 Å². The highest BCUT2D eigenvalue weighted by Gasteiger charge is 2.30. The van der Waals surface area contributed by atoms with Crippen molar-refractivity contribution >= 4 is 40.0 Å². The number of hydrogen-bond donors (Lipinski definition) is 3. The third-order valence-electron chi connectivity index (χ3n) is 4.66. The van der Waals surface area contributed by atoms with E-state index in [2.05, 4.69) is 25.6 Å². The van der Waals surface area contributed by atoms with Crippen molar-refractivity contribution in [3.8, 4) is 11.7 Å². The van der Waals surface area contributed by atoms with Crippen LogP contribution < -0.4 is 15.8 Å². The fraction of sp³-hybridized carbons (Fsp3) is 0.150. The molecule has 4 aromatic rings. The molecule has 4 rings (SSSR count). The van der Waals surface area contributed by atoms with Gasteiger partial charge in [0.05, 0.1) is 28.0 Å². The van der Waals surface area contributed by atoms with Crippen LogP contribution in [0.1, 0.15) is 26.4 Å². The second kappa shape index (κ2) is 8.67. The average Bonchev–Trinajstić information content (AvgIpc) is 3.39. The summed E-state index contributed by atoms with van der Waals surface area (Å²) in [6, 6.07) is 5.66. The molecule has 0 spiro atoms. The first-order valence-corrected chi connectivity index (χ1v) is 9.91. The zero-order valence-electron chi connectivity index (χ0n) is 17.3. The molecule has 0 unspecified atom stereocenters. The Hall–Kier alpha value is -4.13. The van der Waals surface area contributed by atoms with Crippen LogP contribution in [0, 0.1) is 6.92 Å². The number of pyridine rings is 1. The van der Waals surface area contributed by atoms with Gasteiger partial charge in [-0.15, -0.1) is 5.10 Å². The minimum Gasteiger partial charge on any atom is -0.467 e. The van der Waals surface area contributed by atoms with E-state index in [4.69, 9.17) is 22.1 Å². The van der Waals surface area contributed by atoms with Crippen molar-refractivity contribution in [1.82, 2.24) is 25.0 Å². The summed E-state index contributed by atoms with van der Waals surface area (Å²) in [7, 11) is 0. The Morgan fingerprint density at radius 2 is 2.09 bits per heavy atom. The molecule has 0 radical (unpaired) electrons. The Bertz CT molecular complexity index is 1410. The average molecular weight is 494 g/mol. The molecule has 0 saturated heterocycles. The number of benzene rings is 1. The molecular weight excluding hydrogens is 479 g/mol. The third kappa shape index (κ3) is 4.50. The minimum absolute atomic E-state index is 0.0173. The van der Waals surface area contributed by atoms with Crippen LogP contribution in [-0.4, -0.2) is 49.6 Å². The van der Waals surface area contributed by atoms with Gasteiger partial charge in [-0.1, -0.05) is 11.6 Å². The number of H-pyrrole nitrogens is 1. The summed E-state index contributed by atoms with van der Waals surface area (Å²) in [4.78, 5) is 29.5. The van der Waals surface area contributed by atoms with Gasteiger partial charge in [-0.3, -0.25) is 14.7 Å². The van der Waals surface area contributed by atoms with E-state index in [0.717, 1.165) is 10.7 Å². The largest absolute Gasteiger partial charge is 0.467 e. The van der Waals surface area contributed by atoms with Crippen LogP contribution in [0.5, 0.6) is 5.88 Å². The van der Waals surface area contributed by atoms with Crippen LogP contribution in [0.2, 0.25) is 5.02 Å². The van der Waals surface area contributed by atoms with Gasteiger partial charge in [0, 0.05) is 17.6 Å². The number of alkyl halides is 3. The normalized spacial score (nSPS) is 11.6. The van der Waals surface area contributed by atoms with Crippen LogP contribution >= 0.6 is 11.6 Å². The molecule has 0 atom stereocenters. The first-order valence-electron chi connectivity index (χ1n) is 9.53. The van der Waals surface area contributed by atoms with E-state index in [0.29, 0.717) is 16.5 Å². The van der Waals surface area contributed by atoms with Crippen LogP contribution in [0.4, 0.5) is 18.9 Å². The number of nitrogens with two attached hydrogens (primary N) is 1. The summed E-state index contributed by atoms with van der Waals surface area (Å²) >= 11 is 6.15. The lowest BCUT2D eigenvalue weighted by Crippen LogP contribution is -2.22. The fourth-order valence-electron chi connectivity index (χ4n) is 3.26. The molecule has 3 aromatic heterocycles. The highest BCUT2D eigenvalue weighted by Crippen LogP contribution is 2.30. The van der Waals surface area contributed by atoms with Gasteiger partial charge in [0.25, 0.3) is 11.8 Å². The Morgan fingerprint density at radius 3 is 2.76 bits per heavy atom. The maximum atomic E-state index is 13.2. The predicted molar refractivity (Wildman–Crippen MR) is 115 cm³/mol. The fourth-order valence-corrected chi connectivity index (χ4v) is 3.46. The highest BCUT2D eigenvalue weighted by molar-refractivity contribution is 6.32. The Balaban J connectivity index is 1.78. The van der Waals surface area contributed by atoms with Crippen LogP contribution in [-0.2, 0) is 0 Å². The van der Waals surface area contributed by atoms with Gasteiger partial charge in [-0.25, -0.2) is 9.67 Å². The van der Waals surface area contributed by atoms with Gasteiger partial charge in [-0.2, -0.15) is 18.3 Å². The zero-order valence-corrected chi connectivity index (χ0v) is 18.0. The molecule has 176 valence electrons. The van der Waals surface area contributed by atoms with Crippen molar-refractivity contribution in [2.24, 2.45) is 5.73 Å². The molecule has 3 heterocycles. The summed E-state index contributed by atoms with van der Waals surface area (Å²) < 4.78 is 43.5. The number of nitrogens with zero attached hydrogens (tertiary/aromatic N) is 4. The number of rotatable bonds is 6. The van der Waals surface area contributed by atoms with Gasteiger partial charge >= 0.3 is 6.18 Å². The summed E-state index contributed by atoms with van der Waals surface area (Å²) in [5.74, 6) is -2.17. The van der Waals surface area contributed by atoms with Crippen molar-refractivity contribution in [2.45, 2.75) is 13.1 Å². The van der Waals surface area contributed by atoms with Gasteiger partial charge < -0.3 is 15.8 Å². The predicted octanol–water partition coefficient (Wildman–Crippen LogP) is 3.40. The molecule has 2 amide bonds. The van der Waals surface area contributed by atoms with E-state index in [1.807, 2.05) is 0 Å². The number of aromatic nitrogens is 5. The lowest BCUT2D eigenvalue weighted by molar-refractivity contribution is -0.154. The number of primary amides is 1. The molecule has 14 heteroatoms. The number of nitrogens with one attached hydrogen (secondary N) is 2. The highest BCUT2D eigenvalue weighted by atomic mass is 35.5. The van der Waals surface area contributed by atoms with E-state index in [9.17, 15) is 22.8 Å². The van der Waals surface area contributed by atoms with Gasteiger partial charge in [-0.05, 0) is 30.7 Å². The zero-order chi connectivity index (χ0) is 24.6. The van der Waals surface area contributed by atoms with Crippen molar-refractivity contribution in [3.63, 3.8) is 0 Å². The van der Waals surface area contributed by atoms with Gasteiger partial charge in [0.1, 0.15) is 5.69 Å². The van der Waals surface area contributed by atoms with E-state index < -0.39 is 30.5 Å². The lowest BCUT2D eigenvalue weighted by Gasteiger charge is -2.14. The molecule has 0 fully saturated rings. The second-order valence-corrected chi connectivity index (χ2v) is 7.50. The number of ether oxygens (including phenoxy) is 1. The molecule has 4 N–H and O–H groups in total. The van der Waals surface area contributed by atoms with E-state index >= 15 is 0 Å². The van der Waals surface area contributed by atoms with Gasteiger partial charge in [0.2, 0.25) is 5.88 Å². The number of anilines is 1. The van der Waals surface area contributed by atoms with E-state index in [1.165, 1.54) is 24.5 Å². The van der Waals surface area contributed by atoms with E-state index in [-0.39, 0.29) is 27.8 Å². The summed E-state index contributed by atoms with van der Waals surface area (Å²) in [6.07, 6.45) is -1.77. The molecule has 0 aliphatic carbocycles. The van der Waals surface area contributed by atoms with E-state index in [1.54, 1.807) is 13.0 Å². The second-order valence-electron chi connectivity index (χ2n) is 7.09. The quantitative estimate of drug-likeness (QED) is 0.376. The van der Waals surface area contributed by atoms with Crippen LogP contribution in [0.25, 0.3) is 16.7 Å². The number of fused-ring (bicyclic) bond motifs is 1. The number of carbonyl (C=O) groups is 2. The van der Waals surface area contributed by atoms with Crippen molar-refractivity contribution < 1.29 is 27.5 Å². The maximum absolute atomic E-state index is 13.2. The molecule has 10 nitrogen and oxygen atoms in total. The summed E-state index contributed by atoms with van der Waals surface area (Å²) in [5.41, 5.74) is 6.16. The number of amides is 2.